The summed E-state index contributed by atoms with van der Waals surface area (Å²) in [7, 11) is 0. The summed E-state index contributed by atoms with van der Waals surface area (Å²) < 4.78 is 5.59. The molecule has 3 N–H and O–H groups in total. The third kappa shape index (κ3) is 3.71. The second kappa shape index (κ2) is 6.87. The maximum Gasteiger partial charge on any atom is 0.223 e. The Morgan fingerprint density at radius 1 is 1.35 bits per heavy atom. The number of ether oxygens (including phenoxy) is 1. The largest absolute Gasteiger partial charge is 0.394 e. The van der Waals surface area contributed by atoms with Gasteiger partial charge in [-0.2, -0.15) is 0 Å². The highest BCUT2D eigenvalue weighted by molar-refractivity contribution is 5.77. The molecule has 2 aliphatic rings. The molecule has 20 heavy (non-hydrogen) atoms. The van der Waals surface area contributed by atoms with Gasteiger partial charge in [0.2, 0.25) is 5.91 Å². The first-order chi connectivity index (χ1) is 9.58. The van der Waals surface area contributed by atoms with Crippen LogP contribution in [0, 0.1) is 5.41 Å². The van der Waals surface area contributed by atoms with E-state index in [1.807, 2.05) is 11.8 Å². The van der Waals surface area contributed by atoms with Crippen LogP contribution in [0.2, 0.25) is 0 Å². The zero-order valence-corrected chi connectivity index (χ0v) is 12.5. The molecule has 0 aromatic rings. The highest BCUT2D eigenvalue weighted by Gasteiger charge is 2.36. The zero-order valence-electron chi connectivity index (χ0n) is 12.5. The lowest BCUT2D eigenvalue weighted by molar-refractivity contribution is -0.149. The molecule has 0 spiro atoms. The summed E-state index contributed by atoms with van der Waals surface area (Å²) in [6.07, 6.45) is 6.06. The van der Waals surface area contributed by atoms with Crippen molar-refractivity contribution in [2.75, 3.05) is 26.2 Å². The number of hydrogen-bond acceptors (Lipinski definition) is 4. The molecular formula is C15H28N2O3. The molecule has 0 aromatic heterocycles. The maximum absolute atomic E-state index is 12.6. The molecule has 2 atom stereocenters. The number of amides is 1. The van der Waals surface area contributed by atoms with Crippen molar-refractivity contribution < 1.29 is 14.6 Å². The number of nitrogens with two attached hydrogens (primary N) is 1. The molecule has 1 saturated carbocycles. The minimum Gasteiger partial charge on any atom is -0.394 e. The molecule has 1 amide bonds. The van der Waals surface area contributed by atoms with Gasteiger partial charge in [0.25, 0.3) is 0 Å². The second-order valence-corrected chi connectivity index (χ2v) is 6.49. The summed E-state index contributed by atoms with van der Waals surface area (Å²) in [6, 6.07) is 0. The van der Waals surface area contributed by atoms with Crippen LogP contribution in [0.15, 0.2) is 0 Å². The van der Waals surface area contributed by atoms with E-state index in [0.29, 0.717) is 26.1 Å². The fourth-order valence-corrected chi connectivity index (χ4v) is 3.54. The molecule has 0 bridgehead atoms. The Bertz CT molecular complexity index is 329. The van der Waals surface area contributed by atoms with Crippen molar-refractivity contribution in [1.82, 2.24) is 4.90 Å². The van der Waals surface area contributed by atoms with Crippen LogP contribution in [0.1, 0.15) is 45.4 Å². The van der Waals surface area contributed by atoms with Crippen molar-refractivity contribution in [2.45, 2.75) is 57.7 Å². The molecule has 1 heterocycles. The van der Waals surface area contributed by atoms with Gasteiger partial charge in [-0.15, -0.1) is 0 Å². The van der Waals surface area contributed by atoms with Crippen molar-refractivity contribution in [3.63, 3.8) is 0 Å². The number of morpholine rings is 1. The number of carbonyl (C=O) groups excluding carboxylic acids is 1. The second-order valence-electron chi connectivity index (χ2n) is 6.49. The number of aliphatic hydroxyl groups excluding tert-OH is 1. The highest BCUT2D eigenvalue weighted by Crippen LogP contribution is 2.39. The van der Waals surface area contributed by atoms with Gasteiger partial charge in [0.05, 0.1) is 18.8 Å². The molecular weight excluding hydrogens is 256 g/mol. The Kier molecular flexibility index (Phi) is 5.41. The predicted octanol–water partition coefficient (Wildman–Crippen LogP) is 0.894. The lowest BCUT2D eigenvalue weighted by atomic mass is 9.71. The Hall–Kier alpha value is -0.650. The summed E-state index contributed by atoms with van der Waals surface area (Å²) in [4.78, 5) is 14.4. The van der Waals surface area contributed by atoms with E-state index < -0.39 is 0 Å². The van der Waals surface area contributed by atoms with Gasteiger partial charge in [0.15, 0.2) is 0 Å². The van der Waals surface area contributed by atoms with Crippen LogP contribution in [0.25, 0.3) is 0 Å². The third-order valence-corrected chi connectivity index (χ3v) is 4.76. The first-order valence-corrected chi connectivity index (χ1v) is 7.83. The van der Waals surface area contributed by atoms with Gasteiger partial charge >= 0.3 is 0 Å². The van der Waals surface area contributed by atoms with E-state index in [1.165, 1.54) is 19.3 Å². The van der Waals surface area contributed by atoms with E-state index in [9.17, 15) is 9.90 Å². The standard InChI is InChI=1S/C15H28N2O3/c1-12-8-17(9-13(10-18)20-12)14(19)7-15(11-16)5-3-2-4-6-15/h12-13,18H,2-11,16H2,1H3. The van der Waals surface area contributed by atoms with E-state index in [4.69, 9.17) is 10.5 Å². The smallest absolute Gasteiger partial charge is 0.223 e. The zero-order chi connectivity index (χ0) is 14.6. The summed E-state index contributed by atoms with van der Waals surface area (Å²) in [6.45, 7) is 3.63. The van der Waals surface area contributed by atoms with Gasteiger partial charge in [-0.25, -0.2) is 0 Å². The number of hydrogen-bond donors (Lipinski definition) is 2. The van der Waals surface area contributed by atoms with Gasteiger partial charge in [-0.05, 0) is 31.7 Å². The number of aliphatic hydroxyl groups is 1. The van der Waals surface area contributed by atoms with Gasteiger partial charge in [-0.3, -0.25) is 4.79 Å². The quantitative estimate of drug-likeness (QED) is 0.804. The molecule has 5 nitrogen and oxygen atoms in total. The van der Waals surface area contributed by atoms with E-state index in [-0.39, 0.29) is 30.1 Å². The lowest BCUT2D eigenvalue weighted by Crippen LogP contribution is -2.51. The molecule has 5 heteroatoms. The van der Waals surface area contributed by atoms with E-state index >= 15 is 0 Å². The summed E-state index contributed by atoms with van der Waals surface area (Å²) >= 11 is 0. The topological polar surface area (TPSA) is 75.8 Å². The molecule has 1 saturated heterocycles. The molecule has 0 aromatic carbocycles. The minimum atomic E-state index is -0.247. The maximum atomic E-state index is 12.6. The number of carbonyl (C=O) groups is 1. The van der Waals surface area contributed by atoms with Gasteiger partial charge in [-0.1, -0.05) is 19.3 Å². The van der Waals surface area contributed by atoms with Crippen molar-refractivity contribution in [3.05, 3.63) is 0 Å². The van der Waals surface area contributed by atoms with Crippen LogP contribution >= 0.6 is 0 Å². The average molecular weight is 284 g/mol. The number of nitrogens with zero attached hydrogens (tertiary/aromatic N) is 1. The minimum absolute atomic E-state index is 0.00554. The molecule has 116 valence electrons. The third-order valence-electron chi connectivity index (χ3n) is 4.76. The van der Waals surface area contributed by atoms with Crippen LogP contribution in [0.5, 0.6) is 0 Å². The highest BCUT2D eigenvalue weighted by atomic mass is 16.5. The van der Waals surface area contributed by atoms with Crippen LogP contribution in [-0.2, 0) is 9.53 Å². The van der Waals surface area contributed by atoms with Gasteiger partial charge in [0.1, 0.15) is 0 Å². The first kappa shape index (κ1) is 15.7. The van der Waals surface area contributed by atoms with E-state index in [1.54, 1.807) is 0 Å². The molecule has 1 aliphatic heterocycles. The van der Waals surface area contributed by atoms with Crippen molar-refractivity contribution in [2.24, 2.45) is 11.1 Å². The van der Waals surface area contributed by atoms with Crippen LogP contribution in [-0.4, -0.2) is 54.4 Å². The van der Waals surface area contributed by atoms with Crippen molar-refractivity contribution >= 4 is 5.91 Å². The average Bonchev–Trinajstić information content (AvgIpc) is 2.47. The lowest BCUT2D eigenvalue weighted by Gasteiger charge is -2.40. The van der Waals surface area contributed by atoms with Gasteiger partial charge < -0.3 is 20.5 Å². The van der Waals surface area contributed by atoms with Crippen LogP contribution in [0.3, 0.4) is 0 Å². The van der Waals surface area contributed by atoms with Crippen LogP contribution < -0.4 is 5.73 Å². The molecule has 0 radical (unpaired) electrons. The summed E-state index contributed by atoms with van der Waals surface area (Å²) in [5.74, 6) is 0.172. The van der Waals surface area contributed by atoms with Crippen molar-refractivity contribution in [3.8, 4) is 0 Å². The Morgan fingerprint density at radius 2 is 2.05 bits per heavy atom. The SMILES string of the molecule is CC1CN(C(=O)CC2(CN)CCCCC2)CC(CO)O1. The monoisotopic (exact) mass is 284 g/mol. The van der Waals surface area contributed by atoms with E-state index in [0.717, 1.165) is 12.8 Å². The Balaban J connectivity index is 1.95. The molecule has 2 fully saturated rings. The fraction of sp³-hybridized carbons (Fsp3) is 0.933. The summed E-state index contributed by atoms with van der Waals surface area (Å²) in [5.41, 5.74) is 5.97. The fourth-order valence-electron chi connectivity index (χ4n) is 3.54. The first-order valence-electron chi connectivity index (χ1n) is 7.83. The van der Waals surface area contributed by atoms with Crippen molar-refractivity contribution in [1.29, 1.82) is 0 Å². The van der Waals surface area contributed by atoms with Crippen LogP contribution in [0.4, 0.5) is 0 Å². The predicted molar refractivity (Wildman–Crippen MR) is 77.2 cm³/mol. The normalized spacial score (nSPS) is 30.2. The van der Waals surface area contributed by atoms with Gasteiger partial charge in [0, 0.05) is 19.5 Å². The molecule has 1 aliphatic carbocycles. The molecule has 2 unspecified atom stereocenters. The summed E-state index contributed by atoms with van der Waals surface area (Å²) in [5, 5.41) is 9.24. The molecule has 2 rings (SSSR count). The Labute approximate surface area is 121 Å². The number of rotatable bonds is 4. The Morgan fingerprint density at radius 3 is 2.65 bits per heavy atom. The van der Waals surface area contributed by atoms with E-state index in [2.05, 4.69) is 0 Å².